The summed E-state index contributed by atoms with van der Waals surface area (Å²) < 4.78 is 41.5. The fraction of sp³-hybridized carbons (Fsp3) is 0.270. The molecular weight excluding hydrogens is 661 g/mol. The van der Waals surface area contributed by atoms with Crippen molar-refractivity contribution in [2.45, 2.75) is 39.3 Å². The number of nitrogens with one attached hydrogen (secondary N) is 1. The van der Waals surface area contributed by atoms with Gasteiger partial charge in [-0.15, -0.1) is 11.3 Å². The van der Waals surface area contributed by atoms with Gasteiger partial charge in [0.05, 0.1) is 53.1 Å². The van der Waals surface area contributed by atoms with E-state index in [-0.39, 0.29) is 48.2 Å². The number of hydrogen-bond donors (Lipinski definition) is 1. The van der Waals surface area contributed by atoms with Gasteiger partial charge in [-0.1, -0.05) is 12.6 Å². The summed E-state index contributed by atoms with van der Waals surface area (Å²) in [6.45, 7) is 9.84. The van der Waals surface area contributed by atoms with Crippen LogP contribution in [-0.4, -0.2) is 61.2 Å². The summed E-state index contributed by atoms with van der Waals surface area (Å²) >= 11 is 1.40. The van der Waals surface area contributed by atoms with E-state index < -0.39 is 11.6 Å². The highest BCUT2D eigenvalue weighted by Crippen LogP contribution is 2.48. The Balaban J connectivity index is 1.50. The van der Waals surface area contributed by atoms with Gasteiger partial charge in [0, 0.05) is 54.0 Å². The van der Waals surface area contributed by atoms with Crippen LogP contribution in [0.1, 0.15) is 43.9 Å². The third-order valence-corrected chi connectivity index (χ3v) is 10.3. The quantitative estimate of drug-likeness (QED) is 0.170. The Bertz CT molecular complexity index is 2340. The van der Waals surface area contributed by atoms with Gasteiger partial charge < -0.3 is 19.5 Å². The molecule has 1 N–H and O–H groups in total. The van der Waals surface area contributed by atoms with Crippen molar-refractivity contribution in [2.75, 3.05) is 20.2 Å². The predicted octanol–water partition coefficient (Wildman–Crippen LogP) is 7.13. The van der Waals surface area contributed by atoms with E-state index in [4.69, 9.17) is 19.8 Å². The minimum Gasteiger partial charge on any atom is -0.492 e. The van der Waals surface area contributed by atoms with Crippen molar-refractivity contribution in [3.05, 3.63) is 83.7 Å². The fourth-order valence-electron chi connectivity index (χ4n) is 6.68. The number of amides is 2. The SMILES string of the molecule is C=CC(=O)N1C[C@H](C)n2nc(-c3nc(-c4ccc5c(c4)nc(C)n5C)c4ccsc4c3-c3c(F)cc(F)cc3OCCC(=O)NC)cc2[C@H]1C. The predicted molar refractivity (Wildman–Crippen MR) is 190 cm³/mol. The summed E-state index contributed by atoms with van der Waals surface area (Å²) in [7, 11) is 3.47. The number of benzene rings is 2. The van der Waals surface area contributed by atoms with Crippen LogP contribution >= 0.6 is 11.3 Å². The molecule has 1 aliphatic rings. The monoisotopic (exact) mass is 695 g/mol. The number of fused-ring (bicyclic) bond motifs is 3. The summed E-state index contributed by atoms with van der Waals surface area (Å²) in [5.41, 5.74) is 5.21. The molecule has 7 rings (SSSR count). The second kappa shape index (κ2) is 12.8. The summed E-state index contributed by atoms with van der Waals surface area (Å²) in [6, 6.07) is 11.2. The van der Waals surface area contributed by atoms with Crippen molar-refractivity contribution in [3.8, 4) is 39.5 Å². The van der Waals surface area contributed by atoms with Crippen molar-refractivity contribution in [2.24, 2.45) is 7.05 Å². The number of thiophene rings is 1. The van der Waals surface area contributed by atoms with Crippen LogP contribution in [0.4, 0.5) is 8.78 Å². The number of pyridine rings is 1. The van der Waals surface area contributed by atoms with Crippen LogP contribution in [-0.2, 0) is 16.6 Å². The zero-order valence-corrected chi connectivity index (χ0v) is 29.1. The summed E-state index contributed by atoms with van der Waals surface area (Å²) in [4.78, 5) is 36.5. The highest BCUT2D eigenvalue weighted by Gasteiger charge is 2.34. The lowest BCUT2D eigenvalue weighted by Gasteiger charge is -2.36. The molecule has 0 bridgehead atoms. The molecule has 1 aliphatic heterocycles. The van der Waals surface area contributed by atoms with E-state index in [1.807, 2.05) is 72.8 Å². The normalized spacial score (nSPS) is 15.8. The Morgan fingerprint density at radius 1 is 1.10 bits per heavy atom. The molecule has 6 aromatic rings. The van der Waals surface area contributed by atoms with E-state index in [2.05, 4.69) is 11.9 Å². The van der Waals surface area contributed by atoms with E-state index in [9.17, 15) is 14.0 Å². The van der Waals surface area contributed by atoms with Gasteiger partial charge in [-0.3, -0.25) is 14.3 Å². The van der Waals surface area contributed by atoms with Gasteiger partial charge in [0.25, 0.3) is 0 Å². The number of nitrogens with zero attached hydrogens (tertiary/aromatic N) is 6. The van der Waals surface area contributed by atoms with Gasteiger partial charge in [-0.05, 0) is 56.5 Å². The smallest absolute Gasteiger partial charge is 0.246 e. The molecule has 0 spiro atoms. The molecular formula is C37H35F2N7O3S. The highest BCUT2D eigenvalue weighted by molar-refractivity contribution is 7.18. The summed E-state index contributed by atoms with van der Waals surface area (Å²) in [6.07, 6.45) is 1.29. The molecule has 10 nitrogen and oxygen atoms in total. The van der Waals surface area contributed by atoms with E-state index in [0.717, 1.165) is 45.6 Å². The number of aromatic nitrogens is 5. The number of imidazole rings is 1. The number of carbonyl (C=O) groups excluding carboxylic acids is 2. The number of ether oxygens (including phenoxy) is 1. The van der Waals surface area contributed by atoms with E-state index in [0.29, 0.717) is 33.9 Å². The van der Waals surface area contributed by atoms with Crippen molar-refractivity contribution in [1.29, 1.82) is 0 Å². The molecule has 0 unspecified atom stereocenters. The molecule has 2 atom stereocenters. The minimum atomic E-state index is -0.843. The van der Waals surface area contributed by atoms with Crippen LogP contribution < -0.4 is 10.1 Å². The summed E-state index contributed by atoms with van der Waals surface area (Å²) in [5, 5.41) is 10.2. The molecule has 0 aliphatic carbocycles. The molecule has 0 fully saturated rings. The lowest BCUT2D eigenvalue weighted by Crippen LogP contribution is -2.42. The largest absolute Gasteiger partial charge is 0.492 e. The van der Waals surface area contributed by atoms with Crippen LogP contribution in [0.25, 0.3) is 54.9 Å². The Labute approximate surface area is 291 Å². The third-order valence-electron chi connectivity index (χ3n) is 9.36. The van der Waals surface area contributed by atoms with Gasteiger partial charge in [0.2, 0.25) is 11.8 Å². The maximum absolute atomic E-state index is 16.2. The Morgan fingerprint density at radius 2 is 1.90 bits per heavy atom. The molecule has 13 heteroatoms. The van der Waals surface area contributed by atoms with Crippen LogP contribution in [0.5, 0.6) is 5.75 Å². The van der Waals surface area contributed by atoms with Crippen molar-refractivity contribution in [3.63, 3.8) is 0 Å². The number of carbonyl (C=O) groups is 2. The molecule has 4 aromatic heterocycles. The lowest BCUT2D eigenvalue weighted by molar-refractivity contribution is -0.129. The molecule has 256 valence electrons. The number of halogens is 2. The van der Waals surface area contributed by atoms with Crippen LogP contribution in [0.2, 0.25) is 0 Å². The maximum atomic E-state index is 16.2. The first-order valence-electron chi connectivity index (χ1n) is 16.2. The van der Waals surface area contributed by atoms with Crippen LogP contribution in [0.3, 0.4) is 0 Å². The average Bonchev–Trinajstić information content (AvgIpc) is 3.83. The second-order valence-electron chi connectivity index (χ2n) is 12.4. The number of aryl methyl sites for hydroxylation is 2. The van der Waals surface area contributed by atoms with Gasteiger partial charge >= 0.3 is 0 Å². The van der Waals surface area contributed by atoms with Crippen molar-refractivity contribution in [1.82, 2.24) is 34.5 Å². The van der Waals surface area contributed by atoms with E-state index >= 15 is 4.39 Å². The van der Waals surface area contributed by atoms with E-state index in [1.165, 1.54) is 24.5 Å². The topological polar surface area (TPSA) is 107 Å². The van der Waals surface area contributed by atoms with E-state index in [1.54, 1.807) is 4.90 Å². The molecule has 2 aromatic carbocycles. The summed E-state index contributed by atoms with van der Waals surface area (Å²) in [5.74, 6) is -1.31. The molecule has 0 radical (unpaired) electrons. The lowest BCUT2D eigenvalue weighted by atomic mass is 9.96. The van der Waals surface area contributed by atoms with Crippen LogP contribution in [0.15, 0.2) is 60.5 Å². The minimum absolute atomic E-state index is 0.00846. The zero-order chi connectivity index (χ0) is 35.4. The maximum Gasteiger partial charge on any atom is 0.246 e. The molecule has 0 saturated carbocycles. The Hall–Kier alpha value is -5.43. The average molecular weight is 696 g/mol. The first kappa shape index (κ1) is 33.1. The zero-order valence-electron chi connectivity index (χ0n) is 28.3. The first-order chi connectivity index (χ1) is 24.0. The van der Waals surface area contributed by atoms with Crippen LogP contribution in [0, 0.1) is 18.6 Å². The number of rotatable bonds is 8. The second-order valence-corrected chi connectivity index (χ2v) is 13.3. The van der Waals surface area contributed by atoms with Gasteiger partial charge in [0.15, 0.2) is 0 Å². The van der Waals surface area contributed by atoms with Gasteiger partial charge in [-0.2, -0.15) is 5.10 Å². The molecule has 0 saturated heterocycles. The van der Waals surface area contributed by atoms with Gasteiger partial charge in [-0.25, -0.2) is 18.7 Å². The molecule has 50 heavy (non-hydrogen) atoms. The molecule has 5 heterocycles. The standard InChI is InChI=1S/C37H35F2N7O3S/c1-7-32(48)45-18-19(2)46-29(20(45)3)17-27(43-46)36-34(33-25(39)15-23(38)16-30(33)49-12-10-31(47)40-5)37-24(11-13-50-37)35(42-36)22-8-9-28-26(14-22)41-21(4)44(28)6/h7-9,11,13-17,19-20H,1,10,12,18H2,2-6H3,(H,40,47)/t19-,20+/m0/s1. The van der Waals surface area contributed by atoms with Crippen molar-refractivity contribution >= 4 is 44.3 Å². The van der Waals surface area contributed by atoms with Crippen molar-refractivity contribution < 1.29 is 23.1 Å². The first-order valence-corrected chi connectivity index (χ1v) is 17.1. The number of hydrogen-bond acceptors (Lipinski definition) is 7. The highest BCUT2D eigenvalue weighted by atomic mass is 32.1. The molecule has 2 amide bonds. The van der Waals surface area contributed by atoms with Gasteiger partial charge in [0.1, 0.15) is 34.6 Å². The fourth-order valence-corrected chi connectivity index (χ4v) is 7.63. The third kappa shape index (κ3) is 5.51. The Kier molecular flexibility index (Phi) is 8.46. The Morgan fingerprint density at radius 3 is 2.66 bits per heavy atom.